The van der Waals surface area contributed by atoms with E-state index >= 15 is 0 Å². The molecule has 0 radical (unpaired) electrons. The number of carbonyl (C=O) groups excluding carboxylic acids is 2. The summed E-state index contributed by atoms with van der Waals surface area (Å²) >= 11 is 4.23. The van der Waals surface area contributed by atoms with E-state index in [1.54, 1.807) is 0 Å². The van der Waals surface area contributed by atoms with Gasteiger partial charge in [-0.05, 0) is 25.2 Å². The van der Waals surface area contributed by atoms with E-state index in [9.17, 15) is 24.4 Å². The van der Waals surface area contributed by atoms with Crippen molar-refractivity contribution >= 4 is 79.1 Å². The average Bonchev–Trinajstić information content (AvgIpc) is 3.16. The first-order chi connectivity index (χ1) is 11.8. The van der Waals surface area contributed by atoms with Gasteiger partial charge in [-0.15, -0.1) is 15.3 Å². The number of aromatic nitrogens is 4. The Balaban J connectivity index is 1.95. The lowest BCUT2D eigenvalue weighted by Crippen LogP contribution is -2.31. The van der Waals surface area contributed by atoms with Gasteiger partial charge in [0.15, 0.2) is 8.68 Å². The minimum atomic E-state index is -1.34. The zero-order valence-corrected chi connectivity index (χ0v) is 17.4. The third kappa shape index (κ3) is 6.26. The van der Waals surface area contributed by atoms with E-state index in [2.05, 4.69) is 20.4 Å². The van der Waals surface area contributed by atoms with Gasteiger partial charge in [0.2, 0.25) is 15.1 Å². The molecule has 136 valence electrons. The van der Waals surface area contributed by atoms with Gasteiger partial charge >= 0.3 is 4.34 Å². The van der Waals surface area contributed by atoms with Gasteiger partial charge in [-0.25, -0.2) is 0 Å². The van der Waals surface area contributed by atoms with Crippen LogP contribution in [0.4, 0.5) is 0 Å². The molecule has 9 nitrogen and oxygen atoms in total. The monoisotopic (exact) mass is 457 g/mol. The predicted molar refractivity (Wildman–Crippen MR) is 94.6 cm³/mol. The molecule has 2 heterocycles. The molecule has 3 atom stereocenters. The molecule has 0 fully saturated rings. The Kier molecular flexibility index (Phi) is 7.78. The van der Waals surface area contributed by atoms with Crippen LogP contribution in [0.1, 0.15) is 13.8 Å². The summed E-state index contributed by atoms with van der Waals surface area (Å²) < 4.78 is 11.8. The molecular weight excluding hydrogens is 449 g/mol. The second kappa shape index (κ2) is 9.38. The molecule has 0 spiro atoms. The third-order valence-electron chi connectivity index (χ3n) is 2.29. The lowest BCUT2D eigenvalue weighted by atomic mass is 10.5. The van der Waals surface area contributed by atoms with E-state index in [0.29, 0.717) is 17.4 Å². The second-order valence-electron chi connectivity index (χ2n) is 4.16. The lowest BCUT2D eigenvalue weighted by Gasteiger charge is -2.08. The largest absolute Gasteiger partial charge is 0.549 e. The highest BCUT2D eigenvalue weighted by molar-refractivity contribution is 8.72. The molecule has 0 aliphatic heterocycles. The van der Waals surface area contributed by atoms with Crippen LogP contribution in [0.3, 0.4) is 0 Å². The van der Waals surface area contributed by atoms with Gasteiger partial charge in [-0.3, -0.25) is 0 Å². The van der Waals surface area contributed by atoms with Crippen molar-refractivity contribution in [1.29, 1.82) is 0 Å². The minimum Gasteiger partial charge on any atom is -0.549 e. The third-order valence-corrected chi connectivity index (χ3v) is 10.1. The summed E-state index contributed by atoms with van der Waals surface area (Å²) in [6, 6.07) is 0. The fourth-order valence-corrected chi connectivity index (χ4v) is 8.34. The molecule has 2 rings (SSSR count). The van der Waals surface area contributed by atoms with E-state index in [4.69, 9.17) is 0 Å². The van der Waals surface area contributed by atoms with Crippen LogP contribution in [0.5, 0.6) is 0 Å². The number of carboxylic acids is 2. The van der Waals surface area contributed by atoms with E-state index in [1.807, 2.05) is 0 Å². The number of rotatable bonds is 9. The Morgan fingerprint density at radius 3 is 2.00 bits per heavy atom. The molecule has 3 unspecified atom stereocenters. The molecule has 1 N–H and O–H groups in total. The smallest absolute Gasteiger partial charge is 0.374 e. The summed E-state index contributed by atoms with van der Waals surface area (Å²) in [5.41, 5.74) is 0. The number of nitrogens with zero attached hydrogens (tertiary/aromatic N) is 4. The summed E-state index contributed by atoms with van der Waals surface area (Å²) in [6.07, 6.45) is 0. The predicted octanol–water partition coefficient (Wildman–Crippen LogP) is 0.00810. The summed E-state index contributed by atoms with van der Waals surface area (Å²) in [6.45, 7) is 2.96. The first kappa shape index (κ1) is 20.7. The number of carbonyl (C=O) groups is 2. The fourth-order valence-electron chi connectivity index (χ4n) is 1.10. The Bertz CT molecular complexity index is 754. The van der Waals surface area contributed by atoms with Crippen molar-refractivity contribution in [3.63, 3.8) is 0 Å². The zero-order chi connectivity index (χ0) is 18.6. The molecule has 15 heteroatoms. The summed E-state index contributed by atoms with van der Waals surface area (Å²) in [5.74, 6) is -2.40. The van der Waals surface area contributed by atoms with E-state index in [-0.39, 0.29) is 0 Å². The van der Waals surface area contributed by atoms with Gasteiger partial charge in [-0.2, -0.15) is 4.55 Å². The molecule has 0 aromatic carbocycles. The van der Waals surface area contributed by atoms with Crippen LogP contribution in [0.15, 0.2) is 17.4 Å². The number of carboxylic acid groups (broad SMARTS) is 2. The Labute approximate surface area is 165 Å². The van der Waals surface area contributed by atoms with E-state index in [0.717, 1.165) is 57.0 Å². The molecule has 0 saturated heterocycles. The van der Waals surface area contributed by atoms with Crippen LogP contribution >= 0.6 is 57.0 Å². The summed E-state index contributed by atoms with van der Waals surface area (Å²) in [7, 11) is -0.329. The van der Waals surface area contributed by atoms with Crippen molar-refractivity contribution in [3.8, 4) is 0 Å². The first-order valence-corrected chi connectivity index (χ1v) is 12.2. The normalized spacial score (nSPS) is 14.8. The molecule has 0 amide bonds. The van der Waals surface area contributed by atoms with Crippen molar-refractivity contribution in [2.45, 2.75) is 41.7 Å². The summed E-state index contributed by atoms with van der Waals surface area (Å²) in [5, 5.41) is 35.3. The van der Waals surface area contributed by atoms with Crippen LogP contribution in [0, 0.1) is 0 Å². The lowest BCUT2D eigenvalue weighted by molar-refractivity contribution is -0.305. The molecule has 2 aromatic heterocycles. The molecule has 25 heavy (non-hydrogen) atoms. The maximum Gasteiger partial charge on any atom is 0.374 e. The van der Waals surface area contributed by atoms with E-state index < -0.39 is 32.6 Å². The second-order valence-corrected chi connectivity index (χ2v) is 12.7. The van der Waals surface area contributed by atoms with Crippen LogP contribution in [0.25, 0.3) is 0 Å². The van der Waals surface area contributed by atoms with Gasteiger partial charge in [0.25, 0.3) is 10.2 Å². The Morgan fingerprint density at radius 1 is 0.960 bits per heavy atom. The maximum absolute atomic E-state index is 10.7. The summed E-state index contributed by atoms with van der Waals surface area (Å²) in [4.78, 5) is 21.4. The van der Waals surface area contributed by atoms with Crippen LogP contribution < -0.4 is 10.2 Å². The quantitative estimate of drug-likeness (QED) is 0.306. The SMILES string of the molecule is CC(Sc1nnc(S[S+](O)c2nnc(SC(C)C(=O)[O-])s2)s1)C(=O)[O-]. The molecule has 2 aromatic rings. The van der Waals surface area contributed by atoms with Crippen molar-refractivity contribution < 1.29 is 24.4 Å². The standard InChI is InChI=1S/C10H10N4O5S6/c1-3(5(15)16)20-7-11-13-9(22-7)24-25(19)10-14-12-8(23-10)21-4(2)6(17)18/h3-4,19H,1-2H3,(H-,15,16,17,18)/p-1. The first-order valence-electron chi connectivity index (χ1n) is 6.30. The topological polar surface area (TPSA) is 152 Å². The van der Waals surface area contributed by atoms with Crippen LogP contribution in [-0.4, -0.2) is 47.4 Å². The van der Waals surface area contributed by atoms with Gasteiger partial charge in [-0.1, -0.05) is 40.0 Å². The van der Waals surface area contributed by atoms with E-state index in [1.165, 1.54) is 13.8 Å². The number of hydrogen-bond acceptors (Lipinski definition) is 14. The molecule has 0 aliphatic rings. The van der Waals surface area contributed by atoms with Crippen molar-refractivity contribution in [1.82, 2.24) is 20.4 Å². The molecule has 0 aliphatic carbocycles. The van der Waals surface area contributed by atoms with Crippen molar-refractivity contribution in [2.75, 3.05) is 0 Å². The molecular formula is C10H9N4O5S6-. The highest BCUT2D eigenvalue weighted by Crippen LogP contribution is 2.38. The van der Waals surface area contributed by atoms with Crippen molar-refractivity contribution in [3.05, 3.63) is 0 Å². The fraction of sp³-hybridized carbons (Fsp3) is 0.400. The number of aliphatic carboxylic acids is 2. The van der Waals surface area contributed by atoms with Crippen LogP contribution in [0.2, 0.25) is 0 Å². The average molecular weight is 458 g/mol. The van der Waals surface area contributed by atoms with Gasteiger partial charge in [0, 0.05) is 10.5 Å². The minimum absolute atomic E-state index is 0.325. The van der Waals surface area contributed by atoms with Crippen LogP contribution in [-0.2, 0) is 19.8 Å². The highest BCUT2D eigenvalue weighted by Gasteiger charge is 2.32. The van der Waals surface area contributed by atoms with Gasteiger partial charge in [0.1, 0.15) is 0 Å². The van der Waals surface area contributed by atoms with Gasteiger partial charge in [0.05, 0.1) is 11.9 Å². The Morgan fingerprint density at radius 2 is 1.44 bits per heavy atom. The maximum atomic E-state index is 10.7. The van der Waals surface area contributed by atoms with Crippen molar-refractivity contribution in [2.24, 2.45) is 0 Å². The number of thioether (sulfide) groups is 2. The molecule has 0 saturated carbocycles. The Hall–Kier alpha value is -0.580. The highest BCUT2D eigenvalue weighted by atomic mass is 33.1. The molecule has 0 bridgehead atoms. The number of hydrogen-bond donors (Lipinski definition) is 1. The zero-order valence-electron chi connectivity index (χ0n) is 12.5. The van der Waals surface area contributed by atoms with Gasteiger partial charge < -0.3 is 19.8 Å².